The molecule has 0 aromatic rings. The maximum atomic E-state index is 11.3. The van der Waals surface area contributed by atoms with E-state index in [1.165, 1.54) is 0 Å². The summed E-state index contributed by atoms with van der Waals surface area (Å²) in [6.45, 7) is 1.77. The lowest BCUT2D eigenvalue weighted by Gasteiger charge is -2.10. The van der Waals surface area contributed by atoms with Gasteiger partial charge in [-0.05, 0) is 6.92 Å². The number of hydrogen-bond acceptors (Lipinski definition) is 6. The summed E-state index contributed by atoms with van der Waals surface area (Å²) in [4.78, 5) is 32.6. The maximum absolute atomic E-state index is 11.3. The Morgan fingerprint density at radius 2 is 2.00 bits per heavy atom. The summed E-state index contributed by atoms with van der Waals surface area (Å²) in [6.07, 6.45) is 0. The van der Waals surface area contributed by atoms with Gasteiger partial charge in [-0.2, -0.15) is 0 Å². The first-order valence-electron chi connectivity index (χ1n) is 5.05. The van der Waals surface area contributed by atoms with Crippen molar-refractivity contribution in [1.82, 2.24) is 5.32 Å². The van der Waals surface area contributed by atoms with Crippen molar-refractivity contribution in [3.63, 3.8) is 0 Å². The standard InChI is InChI=1S/C9H17N3O5/c1-2-17-9(15)7(11)8(14)12-3-4-16-5-6(10)13/h7H,2-5,11H2,1H3,(H2,10,13)(H,12,14). The Morgan fingerprint density at radius 3 is 2.53 bits per heavy atom. The van der Waals surface area contributed by atoms with Gasteiger partial charge in [-0.3, -0.25) is 9.59 Å². The van der Waals surface area contributed by atoms with Gasteiger partial charge in [-0.15, -0.1) is 0 Å². The number of carbonyl (C=O) groups is 3. The van der Waals surface area contributed by atoms with Gasteiger partial charge >= 0.3 is 5.97 Å². The summed E-state index contributed by atoms with van der Waals surface area (Å²) in [7, 11) is 0. The van der Waals surface area contributed by atoms with Crippen molar-refractivity contribution in [1.29, 1.82) is 0 Å². The van der Waals surface area contributed by atoms with Crippen molar-refractivity contribution in [3.05, 3.63) is 0 Å². The highest BCUT2D eigenvalue weighted by molar-refractivity contribution is 6.01. The molecule has 0 aliphatic carbocycles. The SMILES string of the molecule is CCOC(=O)C(N)C(=O)NCCOCC(N)=O. The Balaban J connectivity index is 3.71. The van der Waals surface area contributed by atoms with Crippen molar-refractivity contribution in [2.24, 2.45) is 11.5 Å². The monoisotopic (exact) mass is 247 g/mol. The van der Waals surface area contributed by atoms with E-state index in [-0.39, 0.29) is 26.4 Å². The van der Waals surface area contributed by atoms with Crippen LogP contribution in [-0.4, -0.2) is 50.2 Å². The van der Waals surface area contributed by atoms with E-state index in [9.17, 15) is 14.4 Å². The predicted molar refractivity (Wildman–Crippen MR) is 57.6 cm³/mol. The molecule has 0 aromatic carbocycles. The summed E-state index contributed by atoms with van der Waals surface area (Å²) < 4.78 is 9.35. The Bertz CT molecular complexity index is 282. The Kier molecular flexibility index (Phi) is 7.65. The smallest absolute Gasteiger partial charge is 0.332 e. The van der Waals surface area contributed by atoms with E-state index in [1.54, 1.807) is 6.92 Å². The molecule has 5 N–H and O–H groups in total. The van der Waals surface area contributed by atoms with E-state index >= 15 is 0 Å². The van der Waals surface area contributed by atoms with Crippen LogP contribution >= 0.6 is 0 Å². The molecule has 0 rings (SSSR count). The zero-order valence-corrected chi connectivity index (χ0v) is 9.60. The number of primary amides is 1. The van der Waals surface area contributed by atoms with Gasteiger partial charge in [-0.25, -0.2) is 4.79 Å². The molecule has 0 radical (unpaired) electrons. The molecular formula is C9H17N3O5. The van der Waals surface area contributed by atoms with Crippen LogP contribution in [0.5, 0.6) is 0 Å². The molecule has 0 bridgehead atoms. The van der Waals surface area contributed by atoms with Crippen LogP contribution in [0.25, 0.3) is 0 Å². The van der Waals surface area contributed by atoms with E-state index in [0.29, 0.717) is 0 Å². The highest BCUT2D eigenvalue weighted by Crippen LogP contribution is 1.86. The molecule has 8 nitrogen and oxygen atoms in total. The van der Waals surface area contributed by atoms with Crippen LogP contribution < -0.4 is 16.8 Å². The van der Waals surface area contributed by atoms with Gasteiger partial charge in [0.25, 0.3) is 0 Å². The predicted octanol–water partition coefficient (Wildman–Crippen LogP) is -2.51. The minimum absolute atomic E-state index is 0.101. The molecule has 0 heterocycles. The third kappa shape index (κ3) is 7.25. The van der Waals surface area contributed by atoms with Gasteiger partial charge in [0, 0.05) is 6.54 Å². The largest absolute Gasteiger partial charge is 0.464 e. The summed E-state index contributed by atoms with van der Waals surface area (Å²) in [5.41, 5.74) is 10.1. The third-order valence-corrected chi connectivity index (χ3v) is 1.61. The first-order valence-corrected chi connectivity index (χ1v) is 5.05. The Labute approximate surface area is 98.6 Å². The van der Waals surface area contributed by atoms with Crippen molar-refractivity contribution >= 4 is 17.8 Å². The Hall–Kier alpha value is -1.67. The molecule has 8 heteroatoms. The second-order valence-corrected chi connectivity index (χ2v) is 3.04. The lowest BCUT2D eigenvalue weighted by molar-refractivity contribution is -0.148. The number of ether oxygens (including phenoxy) is 2. The quantitative estimate of drug-likeness (QED) is 0.246. The van der Waals surface area contributed by atoms with Gasteiger partial charge in [0.15, 0.2) is 6.04 Å². The number of nitrogens with one attached hydrogen (secondary N) is 1. The van der Waals surface area contributed by atoms with Crippen LogP contribution in [0, 0.1) is 0 Å². The fourth-order valence-electron chi connectivity index (χ4n) is 0.868. The minimum atomic E-state index is -1.36. The molecule has 2 amide bonds. The minimum Gasteiger partial charge on any atom is -0.464 e. The highest BCUT2D eigenvalue weighted by atomic mass is 16.5. The van der Waals surface area contributed by atoms with Crippen LogP contribution in [-0.2, 0) is 23.9 Å². The van der Waals surface area contributed by atoms with Gasteiger partial charge in [-0.1, -0.05) is 0 Å². The Morgan fingerprint density at radius 1 is 1.35 bits per heavy atom. The number of amides is 2. The number of esters is 1. The van der Waals surface area contributed by atoms with E-state index in [4.69, 9.17) is 16.2 Å². The van der Waals surface area contributed by atoms with E-state index in [1.807, 2.05) is 0 Å². The fourth-order valence-corrected chi connectivity index (χ4v) is 0.868. The zero-order valence-electron chi connectivity index (χ0n) is 9.60. The molecule has 0 saturated heterocycles. The summed E-state index contributed by atoms with van der Waals surface area (Å²) in [5.74, 6) is -2.05. The second-order valence-electron chi connectivity index (χ2n) is 3.04. The average molecular weight is 247 g/mol. The summed E-state index contributed by atoms with van der Waals surface area (Å²) in [5, 5.41) is 2.35. The van der Waals surface area contributed by atoms with Crippen molar-refractivity contribution < 1.29 is 23.9 Å². The van der Waals surface area contributed by atoms with Crippen LogP contribution in [0.1, 0.15) is 6.92 Å². The first-order chi connectivity index (χ1) is 7.99. The molecule has 0 aliphatic heterocycles. The molecule has 17 heavy (non-hydrogen) atoms. The lowest BCUT2D eigenvalue weighted by atomic mass is 10.3. The highest BCUT2D eigenvalue weighted by Gasteiger charge is 2.22. The maximum Gasteiger partial charge on any atom is 0.332 e. The van der Waals surface area contributed by atoms with E-state index in [2.05, 4.69) is 10.1 Å². The number of nitrogens with two attached hydrogens (primary N) is 2. The molecule has 0 fully saturated rings. The lowest BCUT2D eigenvalue weighted by Crippen LogP contribution is -2.47. The van der Waals surface area contributed by atoms with Crippen molar-refractivity contribution in [2.45, 2.75) is 13.0 Å². The van der Waals surface area contributed by atoms with Crippen LogP contribution in [0.3, 0.4) is 0 Å². The molecule has 0 aliphatic rings. The third-order valence-electron chi connectivity index (χ3n) is 1.61. The zero-order chi connectivity index (χ0) is 13.3. The number of hydrogen-bond donors (Lipinski definition) is 3. The summed E-state index contributed by atoms with van der Waals surface area (Å²) >= 11 is 0. The van der Waals surface area contributed by atoms with Gasteiger partial charge in [0.2, 0.25) is 11.8 Å². The second kappa shape index (κ2) is 8.48. The molecule has 98 valence electrons. The molecule has 1 atom stereocenters. The van der Waals surface area contributed by atoms with Gasteiger partial charge < -0.3 is 26.3 Å². The number of carbonyl (C=O) groups excluding carboxylic acids is 3. The number of rotatable bonds is 8. The molecule has 0 saturated carbocycles. The van der Waals surface area contributed by atoms with Crippen molar-refractivity contribution in [2.75, 3.05) is 26.4 Å². The van der Waals surface area contributed by atoms with Crippen LogP contribution in [0.2, 0.25) is 0 Å². The van der Waals surface area contributed by atoms with Crippen LogP contribution in [0.15, 0.2) is 0 Å². The molecule has 1 unspecified atom stereocenters. The topological polar surface area (TPSA) is 134 Å². The summed E-state index contributed by atoms with van der Waals surface area (Å²) in [6, 6.07) is -1.36. The van der Waals surface area contributed by atoms with E-state index in [0.717, 1.165) is 0 Å². The van der Waals surface area contributed by atoms with E-state index < -0.39 is 23.8 Å². The van der Waals surface area contributed by atoms with Gasteiger partial charge in [0.1, 0.15) is 6.61 Å². The molecule has 0 spiro atoms. The fraction of sp³-hybridized carbons (Fsp3) is 0.667. The molecular weight excluding hydrogens is 230 g/mol. The average Bonchev–Trinajstić information content (AvgIpc) is 2.27. The van der Waals surface area contributed by atoms with Crippen molar-refractivity contribution in [3.8, 4) is 0 Å². The van der Waals surface area contributed by atoms with Crippen LogP contribution in [0.4, 0.5) is 0 Å². The normalized spacial score (nSPS) is 11.6. The first kappa shape index (κ1) is 15.3. The molecule has 0 aromatic heterocycles. The van der Waals surface area contributed by atoms with Gasteiger partial charge in [0.05, 0.1) is 13.2 Å².